The Morgan fingerprint density at radius 1 is 0.418 bits per heavy atom. The molecule has 0 radical (unpaired) electrons. The molecule has 4 nitrogen and oxygen atoms in total. The maximum absolute atomic E-state index is 12.4. The van der Waals surface area contributed by atoms with Crippen LogP contribution in [0.5, 0.6) is 0 Å². The Hall–Kier alpha value is -1.13. The van der Waals surface area contributed by atoms with Gasteiger partial charge in [-0.15, -0.1) is 0 Å². The van der Waals surface area contributed by atoms with E-state index in [4.69, 9.17) is 0 Å². The summed E-state index contributed by atoms with van der Waals surface area (Å²) in [4.78, 5) is 12.4. The van der Waals surface area contributed by atoms with Crippen LogP contribution in [0.2, 0.25) is 0 Å². The maximum atomic E-state index is 12.4. The van der Waals surface area contributed by atoms with Crippen molar-refractivity contribution in [2.75, 3.05) is 6.61 Å². The number of hydrogen-bond donors (Lipinski definition) is 3. The van der Waals surface area contributed by atoms with Gasteiger partial charge in [-0.1, -0.05) is 263 Å². The van der Waals surface area contributed by atoms with E-state index >= 15 is 0 Å². The number of carbonyl (C=O) groups is 1. The molecule has 1 amide bonds. The number of carbonyl (C=O) groups excluding carboxylic acids is 1. The Bertz CT molecular complexity index is 795. The van der Waals surface area contributed by atoms with Crippen molar-refractivity contribution in [1.29, 1.82) is 0 Å². The van der Waals surface area contributed by atoms with Crippen LogP contribution in [0.3, 0.4) is 0 Å². The molecular formula is C51H99NO3. The molecule has 0 aromatic heterocycles. The van der Waals surface area contributed by atoms with E-state index < -0.39 is 12.1 Å². The molecule has 0 aliphatic heterocycles. The monoisotopic (exact) mass is 774 g/mol. The molecule has 2 unspecified atom stereocenters. The van der Waals surface area contributed by atoms with Crippen LogP contribution in [0.4, 0.5) is 0 Å². The quantitative estimate of drug-likeness (QED) is 0.0426. The average molecular weight is 774 g/mol. The summed E-state index contributed by atoms with van der Waals surface area (Å²) in [5.74, 6) is -0.0694. The van der Waals surface area contributed by atoms with Crippen LogP contribution in [-0.4, -0.2) is 34.9 Å². The molecule has 3 N–H and O–H groups in total. The first-order valence-electron chi connectivity index (χ1n) is 25.1. The van der Waals surface area contributed by atoms with Crippen LogP contribution in [0, 0.1) is 0 Å². The molecule has 0 rings (SSSR count). The first-order valence-corrected chi connectivity index (χ1v) is 25.1. The highest BCUT2D eigenvalue weighted by atomic mass is 16.3. The van der Waals surface area contributed by atoms with Crippen molar-refractivity contribution < 1.29 is 15.0 Å². The first-order chi connectivity index (χ1) is 27.2. The summed E-state index contributed by atoms with van der Waals surface area (Å²) in [5.41, 5.74) is 0. The second-order valence-corrected chi connectivity index (χ2v) is 17.2. The third-order valence-electron chi connectivity index (χ3n) is 11.7. The van der Waals surface area contributed by atoms with Crippen LogP contribution in [0.25, 0.3) is 0 Å². The van der Waals surface area contributed by atoms with Gasteiger partial charge in [-0.2, -0.15) is 0 Å². The molecule has 0 saturated carbocycles. The molecule has 0 spiro atoms. The number of aliphatic hydroxyl groups excluding tert-OH is 2. The minimum atomic E-state index is -0.857. The Labute approximate surface area is 345 Å². The molecule has 4 heteroatoms. The van der Waals surface area contributed by atoms with Gasteiger partial charge in [0.25, 0.3) is 0 Å². The van der Waals surface area contributed by atoms with Gasteiger partial charge in [-0.05, 0) is 32.1 Å². The van der Waals surface area contributed by atoms with Gasteiger partial charge in [0.1, 0.15) is 0 Å². The standard InChI is InChI=1S/C51H99NO3/c1-3-5-7-9-11-13-15-17-18-19-20-21-22-23-24-25-26-27-28-29-30-31-32-33-35-37-39-41-43-45-47-51(55)52-49(48-53)50(54)46-44-42-40-38-36-34-16-14-12-10-8-6-4-2/h36,38,44,46,49-50,53-54H,3-35,37,39-43,45,47-48H2,1-2H3,(H,52,55)/b38-36+,46-44+. The number of nitrogens with one attached hydrogen (secondary N) is 1. The van der Waals surface area contributed by atoms with Crippen LogP contribution >= 0.6 is 0 Å². The van der Waals surface area contributed by atoms with E-state index in [1.807, 2.05) is 6.08 Å². The third kappa shape index (κ3) is 43.8. The molecular weight excluding hydrogens is 675 g/mol. The highest BCUT2D eigenvalue weighted by Gasteiger charge is 2.17. The SMILES string of the molecule is CCCCCCCCC/C=C/CC/C=C/C(O)C(CO)NC(=O)CCCCCCCCCCCCCCCCCCCCCCCCCCCCCCCC. The minimum Gasteiger partial charge on any atom is -0.394 e. The van der Waals surface area contributed by atoms with E-state index in [-0.39, 0.29) is 12.5 Å². The van der Waals surface area contributed by atoms with E-state index in [9.17, 15) is 15.0 Å². The fourth-order valence-electron chi connectivity index (χ4n) is 7.84. The largest absolute Gasteiger partial charge is 0.394 e. The van der Waals surface area contributed by atoms with Crippen molar-refractivity contribution >= 4 is 5.91 Å². The predicted molar refractivity (Wildman–Crippen MR) is 244 cm³/mol. The molecule has 0 aromatic rings. The maximum Gasteiger partial charge on any atom is 0.220 e. The molecule has 55 heavy (non-hydrogen) atoms. The number of allylic oxidation sites excluding steroid dienone is 3. The minimum absolute atomic E-state index is 0.0694. The fourth-order valence-corrected chi connectivity index (χ4v) is 7.84. The average Bonchev–Trinajstić information content (AvgIpc) is 3.19. The van der Waals surface area contributed by atoms with Crippen molar-refractivity contribution in [2.45, 2.75) is 289 Å². The van der Waals surface area contributed by atoms with Crippen molar-refractivity contribution in [3.05, 3.63) is 24.3 Å². The predicted octanol–water partition coefficient (Wildman–Crippen LogP) is 16.0. The van der Waals surface area contributed by atoms with Gasteiger partial charge in [-0.3, -0.25) is 4.79 Å². The number of hydrogen-bond acceptors (Lipinski definition) is 3. The molecule has 0 bridgehead atoms. The van der Waals surface area contributed by atoms with Crippen LogP contribution in [0.1, 0.15) is 277 Å². The number of unbranched alkanes of at least 4 members (excludes halogenated alkanes) is 37. The molecule has 0 heterocycles. The van der Waals surface area contributed by atoms with Crippen LogP contribution in [0.15, 0.2) is 24.3 Å². The van der Waals surface area contributed by atoms with Crippen molar-refractivity contribution in [1.82, 2.24) is 5.32 Å². The van der Waals surface area contributed by atoms with Crippen molar-refractivity contribution in [3.63, 3.8) is 0 Å². The van der Waals surface area contributed by atoms with Gasteiger partial charge in [0, 0.05) is 6.42 Å². The number of amides is 1. The normalized spacial score (nSPS) is 13.0. The van der Waals surface area contributed by atoms with Crippen LogP contribution < -0.4 is 5.32 Å². The number of aliphatic hydroxyl groups is 2. The summed E-state index contributed by atoms with van der Waals surface area (Å²) in [7, 11) is 0. The summed E-state index contributed by atoms with van der Waals surface area (Å²) in [6.45, 7) is 4.31. The van der Waals surface area contributed by atoms with E-state index in [0.29, 0.717) is 6.42 Å². The van der Waals surface area contributed by atoms with E-state index in [0.717, 1.165) is 32.1 Å². The highest BCUT2D eigenvalue weighted by Crippen LogP contribution is 2.17. The van der Waals surface area contributed by atoms with Crippen LogP contribution in [-0.2, 0) is 4.79 Å². The van der Waals surface area contributed by atoms with Gasteiger partial charge in [0.15, 0.2) is 0 Å². The Balaban J connectivity index is 3.43. The second-order valence-electron chi connectivity index (χ2n) is 17.2. The van der Waals surface area contributed by atoms with Gasteiger partial charge in [-0.25, -0.2) is 0 Å². The van der Waals surface area contributed by atoms with Crippen molar-refractivity contribution in [2.24, 2.45) is 0 Å². The van der Waals surface area contributed by atoms with E-state index in [1.165, 1.54) is 225 Å². The molecule has 326 valence electrons. The summed E-state index contributed by atoms with van der Waals surface area (Å²) < 4.78 is 0. The molecule has 0 saturated heterocycles. The summed E-state index contributed by atoms with van der Waals surface area (Å²) in [6, 6.07) is -0.634. The Morgan fingerprint density at radius 3 is 1.05 bits per heavy atom. The topological polar surface area (TPSA) is 69.6 Å². The summed E-state index contributed by atoms with van der Waals surface area (Å²) >= 11 is 0. The lowest BCUT2D eigenvalue weighted by molar-refractivity contribution is -0.123. The summed E-state index contributed by atoms with van der Waals surface area (Å²) in [5, 5.41) is 23.0. The summed E-state index contributed by atoms with van der Waals surface area (Å²) in [6.07, 6.45) is 61.8. The Morgan fingerprint density at radius 2 is 0.709 bits per heavy atom. The second kappa shape index (κ2) is 47.2. The molecule has 0 aliphatic carbocycles. The van der Waals surface area contributed by atoms with E-state index in [1.54, 1.807) is 6.08 Å². The third-order valence-corrected chi connectivity index (χ3v) is 11.7. The molecule has 0 aliphatic rings. The molecule has 2 atom stereocenters. The Kier molecular flexibility index (Phi) is 46.3. The smallest absolute Gasteiger partial charge is 0.220 e. The highest BCUT2D eigenvalue weighted by molar-refractivity contribution is 5.76. The van der Waals surface area contributed by atoms with Gasteiger partial charge < -0.3 is 15.5 Å². The zero-order valence-corrected chi connectivity index (χ0v) is 37.5. The van der Waals surface area contributed by atoms with Gasteiger partial charge in [0.05, 0.1) is 18.8 Å². The first kappa shape index (κ1) is 53.9. The van der Waals surface area contributed by atoms with E-state index in [2.05, 4.69) is 31.3 Å². The zero-order valence-electron chi connectivity index (χ0n) is 37.5. The van der Waals surface area contributed by atoms with Gasteiger partial charge >= 0.3 is 0 Å². The number of rotatable bonds is 46. The van der Waals surface area contributed by atoms with Gasteiger partial charge in [0.2, 0.25) is 5.91 Å². The lowest BCUT2D eigenvalue weighted by atomic mass is 10.0. The lowest BCUT2D eigenvalue weighted by Crippen LogP contribution is -2.45. The lowest BCUT2D eigenvalue weighted by Gasteiger charge is -2.19. The zero-order chi connectivity index (χ0) is 40.0. The fraction of sp³-hybridized carbons (Fsp3) is 0.902. The van der Waals surface area contributed by atoms with Crippen molar-refractivity contribution in [3.8, 4) is 0 Å². The molecule has 0 aromatic carbocycles. The molecule has 0 fully saturated rings.